The van der Waals surface area contributed by atoms with Gasteiger partial charge in [-0.05, 0) is 6.92 Å². The van der Waals surface area contributed by atoms with Gasteiger partial charge in [0.25, 0.3) is 0 Å². The van der Waals surface area contributed by atoms with Gasteiger partial charge in [0.05, 0.1) is 6.04 Å². The summed E-state index contributed by atoms with van der Waals surface area (Å²) in [6.45, 7) is 14.7. The molecule has 0 aromatic heterocycles. The van der Waals surface area contributed by atoms with Gasteiger partial charge in [0.2, 0.25) is 11.8 Å². The first-order chi connectivity index (χ1) is 9.27. The third kappa shape index (κ3) is 4.34. The predicted octanol–water partition coefficient (Wildman–Crippen LogP) is 0.867. The molecule has 5 nitrogen and oxygen atoms in total. The molecule has 1 heterocycles. The zero-order valence-electron chi connectivity index (χ0n) is 13.1. The summed E-state index contributed by atoms with van der Waals surface area (Å²) in [5.41, 5.74) is -0.338. The summed E-state index contributed by atoms with van der Waals surface area (Å²) in [5.74, 6) is 0.196. The van der Waals surface area contributed by atoms with Gasteiger partial charge in [0.1, 0.15) is 0 Å². The molecule has 0 aromatic carbocycles. The van der Waals surface area contributed by atoms with E-state index in [9.17, 15) is 9.59 Å². The highest BCUT2D eigenvalue weighted by Gasteiger charge is 2.31. The van der Waals surface area contributed by atoms with Crippen LogP contribution < -0.4 is 5.32 Å². The molecule has 114 valence electrons. The van der Waals surface area contributed by atoms with Crippen LogP contribution in [0.2, 0.25) is 0 Å². The van der Waals surface area contributed by atoms with Crippen LogP contribution in [0.25, 0.3) is 0 Å². The molecule has 20 heavy (non-hydrogen) atoms. The van der Waals surface area contributed by atoms with Crippen LogP contribution in [0, 0.1) is 5.41 Å². The van der Waals surface area contributed by atoms with Crippen LogP contribution in [0.1, 0.15) is 27.7 Å². The Morgan fingerprint density at radius 3 is 2.25 bits per heavy atom. The summed E-state index contributed by atoms with van der Waals surface area (Å²) in [6, 6.07) is -0.165. The highest BCUT2D eigenvalue weighted by atomic mass is 16.2. The number of nitrogens with one attached hydrogen (secondary N) is 1. The molecule has 1 aliphatic rings. The second-order valence-electron chi connectivity index (χ2n) is 6.29. The maximum absolute atomic E-state index is 12.2. The summed E-state index contributed by atoms with van der Waals surface area (Å²) < 4.78 is 0. The molecule has 1 rings (SSSR count). The van der Waals surface area contributed by atoms with Crippen molar-refractivity contribution in [3.05, 3.63) is 12.7 Å². The van der Waals surface area contributed by atoms with Gasteiger partial charge in [0, 0.05) is 38.1 Å². The molecule has 1 unspecified atom stereocenters. The molecule has 1 saturated heterocycles. The summed E-state index contributed by atoms with van der Waals surface area (Å²) in [6.07, 6.45) is 1.67. The average Bonchev–Trinajstić information content (AvgIpc) is 2.42. The third-order valence-electron chi connectivity index (χ3n) is 3.59. The van der Waals surface area contributed by atoms with E-state index in [4.69, 9.17) is 0 Å². The van der Waals surface area contributed by atoms with E-state index >= 15 is 0 Å². The lowest BCUT2D eigenvalue weighted by Gasteiger charge is -2.39. The predicted molar refractivity (Wildman–Crippen MR) is 80.3 cm³/mol. The van der Waals surface area contributed by atoms with E-state index in [1.54, 1.807) is 6.08 Å². The van der Waals surface area contributed by atoms with Gasteiger partial charge in [-0.1, -0.05) is 26.8 Å². The molecule has 2 amide bonds. The second kappa shape index (κ2) is 6.88. The number of carbonyl (C=O) groups excluding carboxylic acids is 2. The third-order valence-corrected chi connectivity index (χ3v) is 3.59. The average molecular weight is 281 g/mol. The second-order valence-corrected chi connectivity index (χ2v) is 6.29. The highest BCUT2D eigenvalue weighted by molar-refractivity contribution is 5.82. The number of hydrogen-bond acceptors (Lipinski definition) is 3. The van der Waals surface area contributed by atoms with Crippen molar-refractivity contribution in [1.82, 2.24) is 15.1 Å². The Morgan fingerprint density at radius 1 is 1.25 bits per heavy atom. The Bertz CT molecular complexity index is 366. The van der Waals surface area contributed by atoms with Gasteiger partial charge >= 0.3 is 0 Å². The quantitative estimate of drug-likeness (QED) is 0.778. The molecule has 0 aromatic rings. The minimum absolute atomic E-state index is 0.0143. The van der Waals surface area contributed by atoms with Crippen LogP contribution in [0.3, 0.4) is 0 Å². The lowest BCUT2D eigenvalue weighted by Crippen LogP contribution is -2.56. The number of carbonyl (C=O) groups is 2. The first kappa shape index (κ1) is 16.7. The van der Waals surface area contributed by atoms with Crippen molar-refractivity contribution in [3.8, 4) is 0 Å². The molecule has 1 atom stereocenters. The first-order valence-electron chi connectivity index (χ1n) is 7.19. The molecule has 0 spiro atoms. The molecular weight excluding hydrogens is 254 g/mol. The van der Waals surface area contributed by atoms with Gasteiger partial charge in [-0.3, -0.25) is 14.5 Å². The number of hydrogen-bond donors (Lipinski definition) is 1. The Kier molecular flexibility index (Phi) is 5.74. The Labute approximate surface area is 122 Å². The minimum atomic E-state index is -0.338. The fraction of sp³-hybridized carbons (Fsp3) is 0.733. The Hall–Kier alpha value is -1.36. The van der Waals surface area contributed by atoms with Gasteiger partial charge in [0.15, 0.2) is 0 Å². The van der Waals surface area contributed by atoms with Crippen molar-refractivity contribution < 1.29 is 9.59 Å². The smallest absolute Gasteiger partial charge is 0.237 e. The first-order valence-corrected chi connectivity index (χ1v) is 7.19. The van der Waals surface area contributed by atoms with E-state index in [1.165, 1.54) is 0 Å². The monoisotopic (exact) mass is 281 g/mol. The van der Waals surface area contributed by atoms with Crippen molar-refractivity contribution in [2.75, 3.05) is 32.7 Å². The van der Waals surface area contributed by atoms with Crippen LogP contribution in [0.4, 0.5) is 0 Å². The van der Waals surface area contributed by atoms with E-state index in [0.29, 0.717) is 19.6 Å². The topological polar surface area (TPSA) is 52.7 Å². The zero-order chi connectivity index (χ0) is 15.3. The molecule has 0 bridgehead atoms. The van der Waals surface area contributed by atoms with Gasteiger partial charge < -0.3 is 10.2 Å². The largest absolute Gasteiger partial charge is 0.351 e. The number of amides is 2. The van der Waals surface area contributed by atoms with Crippen molar-refractivity contribution in [2.45, 2.75) is 33.7 Å². The number of rotatable bonds is 4. The Balaban J connectivity index is 2.47. The summed E-state index contributed by atoms with van der Waals surface area (Å²) in [7, 11) is 0. The number of nitrogens with zero attached hydrogens (tertiary/aromatic N) is 2. The van der Waals surface area contributed by atoms with Crippen molar-refractivity contribution in [2.24, 2.45) is 5.41 Å². The lowest BCUT2D eigenvalue weighted by atomic mass is 9.94. The molecular formula is C15H27N3O2. The van der Waals surface area contributed by atoms with E-state index in [1.807, 2.05) is 32.6 Å². The summed E-state index contributed by atoms with van der Waals surface area (Å²) >= 11 is 0. The fourth-order valence-electron chi connectivity index (χ4n) is 2.27. The SMILES string of the molecule is C=CCNC(=O)C(C)N1CCN(C(=O)C(C)(C)C)CC1. The molecule has 0 radical (unpaired) electrons. The molecule has 0 saturated carbocycles. The van der Waals surface area contributed by atoms with Gasteiger partial charge in [-0.25, -0.2) is 0 Å². The van der Waals surface area contributed by atoms with Gasteiger partial charge in [-0.2, -0.15) is 0 Å². The van der Waals surface area contributed by atoms with Crippen molar-refractivity contribution >= 4 is 11.8 Å². The maximum Gasteiger partial charge on any atom is 0.237 e. The van der Waals surface area contributed by atoms with E-state index < -0.39 is 0 Å². The number of piperazine rings is 1. The Morgan fingerprint density at radius 2 is 1.80 bits per heavy atom. The van der Waals surface area contributed by atoms with Gasteiger partial charge in [-0.15, -0.1) is 6.58 Å². The van der Waals surface area contributed by atoms with E-state index in [-0.39, 0.29) is 23.3 Å². The van der Waals surface area contributed by atoms with E-state index in [0.717, 1.165) is 13.1 Å². The standard InChI is InChI=1S/C15H27N3O2/c1-6-7-16-13(19)12(2)17-8-10-18(11-9-17)14(20)15(3,4)5/h6,12H,1,7-11H2,2-5H3,(H,16,19). The summed E-state index contributed by atoms with van der Waals surface area (Å²) in [4.78, 5) is 28.1. The lowest BCUT2D eigenvalue weighted by molar-refractivity contribution is -0.142. The van der Waals surface area contributed by atoms with Crippen molar-refractivity contribution in [1.29, 1.82) is 0 Å². The fourth-order valence-corrected chi connectivity index (χ4v) is 2.27. The molecule has 0 aliphatic carbocycles. The molecule has 5 heteroatoms. The van der Waals surface area contributed by atoms with E-state index in [2.05, 4.69) is 16.8 Å². The summed E-state index contributed by atoms with van der Waals surface area (Å²) in [5, 5.41) is 2.81. The van der Waals surface area contributed by atoms with Crippen molar-refractivity contribution in [3.63, 3.8) is 0 Å². The van der Waals surface area contributed by atoms with Crippen LogP contribution >= 0.6 is 0 Å². The van der Waals surface area contributed by atoms with Crippen LogP contribution in [-0.4, -0.2) is 60.4 Å². The molecule has 1 aliphatic heterocycles. The minimum Gasteiger partial charge on any atom is -0.351 e. The molecule has 1 N–H and O–H groups in total. The van der Waals surface area contributed by atoms with Crippen LogP contribution in [0.15, 0.2) is 12.7 Å². The normalized spacial score (nSPS) is 18.5. The molecule has 1 fully saturated rings. The van der Waals surface area contributed by atoms with Crippen LogP contribution in [-0.2, 0) is 9.59 Å². The highest BCUT2D eigenvalue weighted by Crippen LogP contribution is 2.19. The van der Waals surface area contributed by atoms with Crippen LogP contribution in [0.5, 0.6) is 0 Å². The maximum atomic E-state index is 12.2. The zero-order valence-corrected chi connectivity index (χ0v) is 13.1.